The molecule has 1 saturated heterocycles. The van der Waals surface area contributed by atoms with Crippen LogP contribution in [-0.4, -0.2) is 75.9 Å². The Morgan fingerprint density at radius 2 is 1.97 bits per heavy atom. The molecule has 0 spiro atoms. The molecule has 200 valence electrons. The summed E-state index contributed by atoms with van der Waals surface area (Å²) in [6.45, 7) is 6.56. The third-order valence-corrected chi connectivity index (χ3v) is 6.54. The maximum atomic E-state index is 13.3. The number of amides is 4. The van der Waals surface area contributed by atoms with Gasteiger partial charge in [0.1, 0.15) is 18.1 Å². The van der Waals surface area contributed by atoms with Gasteiger partial charge in [-0.3, -0.25) is 24.5 Å². The molecule has 0 aliphatic carbocycles. The second kappa shape index (κ2) is 13.3. The molecular formula is C23H36N6O6S. The number of rotatable bonds is 14. The molecule has 1 aliphatic rings. The first-order chi connectivity index (χ1) is 16.9. The van der Waals surface area contributed by atoms with E-state index in [1.54, 1.807) is 10.9 Å². The molecular weight excluding hydrogens is 488 g/mol. The van der Waals surface area contributed by atoms with Crippen LogP contribution in [0.1, 0.15) is 58.6 Å². The van der Waals surface area contributed by atoms with Crippen molar-refractivity contribution >= 4 is 41.4 Å². The third kappa shape index (κ3) is 9.19. The van der Waals surface area contributed by atoms with Crippen LogP contribution in [0.25, 0.3) is 0 Å². The number of nitrogens with zero attached hydrogens (tertiary/aromatic N) is 2. The fourth-order valence-electron chi connectivity index (χ4n) is 3.94. The van der Waals surface area contributed by atoms with Crippen LogP contribution in [0.4, 0.5) is 0 Å². The highest BCUT2D eigenvalue weighted by molar-refractivity contribution is 7.07. The summed E-state index contributed by atoms with van der Waals surface area (Å²) in [5.74, 6) is -3.41. The molecule has 0 unspecified atom stereocenters. The number of hydrogen-bond acceptors (Lipinski definition) is 8. The Kier molecular flexibility index (Phi) is 10.8. The van der Waals surface area contributed by atoms with Crippen molar-refractivity contribution < 1.29 is 29.1 Å². The number of aromatic nitrogens is 1. The SMILES string of the molecule is CC(C)(C)CC[C@H](NC(=O)[C@H](Cc1cscn1)NC(=O)[C@H](CC(N)=O)N(C=O)[C@H]1CCCN1)C(=O)O. The summed E-state index contributed by atoms with van der Waals surface area (Å²) >= 11 is 1.31. The topological polar surface area (TPSA) is 184 Å². The number of nitrogens with one attached hydrogen (secondary N) is 3. The van der Waals surface area contributed by atoms with Gasteiger partial charge in [-0.15, -0.1) is 11.3 Å². The first-order valence-electron chi connectivity index (χ1n) is 11.9. The number of carboxylic acids is 1. The Bertz CT molecular complexity index is 913. The number of hydrogen-bond donors (Lipinski definition) is 5. The van der Waals surface area contributed by atoms with E-state index in [0.29, 0.717) is 31.5 Å². The van der Waals surface area contributed by atoms with Crippen LogP contribution in [-0.2, 0) is 30.4 Å². The van der Waals surface area contributed by atoms with Crippen molar-refractivity contribution in [1.82, 2.24) is 25.8 Å². The van der Waals surface area contributed by atoms with Gasteiger partial charge in [0.15, 0.2) is 0 Å². The summed E-state index contributed by atoms with van der Waals surface area (Å²) in [7, 11) is 0. The molecule has 12 nitrogen and oxygen atoms in total. The third-order valence-electron chi connectivity index (χ3n) is 5.90. The number of nitrogens with two attached hydrogens (primary N) is 1. The van der Waals surface area contributed by atoms with Gasteiger partial charge in [0.05, 0.1) is 23.8 Å². The van der Waals surface area contributed by atoms with E-state index in [1.165, 1.54) is 16.2 Å². The molecule has 1 fully saturated rings. The van der Waals surface area contributed by atoms with E-state index in [1.807, 2.05) is 20.8 Å². The van der Waals surface area contributed by atoms with Crippen LogP contribution < -0.4 is 21.7 Å². The van der Waals surface area contributed by atoms with Crippen molar-refractivity contribution in [3.63, 3.8) is 0 Å². The summed E-state index contributed by atoms with van der Waals surface area (Å²) in [4.78, 5) is 67.2. The molecule has 13 heteroatoms. The zero-order chi connectivity index (χ0) is 26.9. The maximum Gasteiger partial charge on any atom is 0.326 e. The maximum absolute atomic E-state index is 13.3. The van der Waals surface area contributed by atoms with Gasteiger partial charge in [0, 0.05) is 11.8 Å². The monoisotopic (exact) mass is 524 g/mol. The summed E-state index contributed by atoms with van der Waals surface area (Å²) in [5, 5.41) is 19.6. The first kappa shape index (κ1) is 29.2. The first-order valence-corrected chi connectivity index (χ1v) is 12.8. The minimum absolute atomic E-state index is 0.00125. The number of thiazole rings is 1. The van der Waals surface area contributed by atoms with Gasteiger partial charge < -0.3 is 26.4 Å². The summed E-state index contributed by atoms with van der Waals surface area (Å²) in [6, 6.07) is -3.57. The molecule has 1 aromatic rings. The summed E-state index contributed by atoms with van der Waals surface area (Å²) in [6.07, 6.45) is 1.75. The summed E-state index contributed by atoms with van der Waals surface area (Å²) in [5.41, 5.74) is 7.32. The van der Waals surface area contributed by atoms with Crippen molar-refractivity contribution in [1.29, 1.82) is 0 Å². The highest BCUT2D eigenvalue weighted by Gasteiger charge is 2.36. The van der Waals surface area contributed by atoms with Gasteiger partial charge in [-0.2, -0.15) is 0 Å². The molecule has 2 heterocycles. The van der Waals surface area contributed by atoms with Crippen molar-refractivity contribution in [3.8, 4) is 0 Å². The van der Waals surface area contributed by atoms with Gasteiger partial charge in [0.2, 0.25) is 24.1 Å². The number of aliphatic carboxylic acids is 1. The van der Waals surface area contributed by atoms with E-state index in [4.69, 9.17) is 5.73 Å². The Labute approximate surface area is 214 Å². The molecule has 4 amide bonds. The van der Waals surface area contributed by atoms with Gasteiger partial charge in [-0.1, -0.05) is 20.8 Å². The smallest absolute Gasteiger partial charge is 0.326 e. The molecule has 1 aromatic heterocycles. The minimum atomic E-state index is -1.24. The quantitative estimate of drug-likeness (QED) is 0.210. The number of primary amides is 1. The van der Waals surface area contributed by atoms with E-state index in [-0.39, 0.29) is 18.3 Å². The van der Waals surface area contributed by atoms with Crippen LogP contribution in [0.3, 0.4) is 0 Å². The fraction of sp³-hybridized carbons (Fsp3) is 0.652. The lowest BCUT2D eigenvalue weighted by Gasteiger charge is -2.33. The number of carboxylic acid groups (broad SMARTS) is 1. The lowest BCUT2D eigenvalue weighted by Crippen LogP contribution is -2.59. The Morgan fingerprint density at radius 3 is 2.47 bits per heavy atom. The molecule has 6 N–H and O–H groups in total. The highest BCUT2D eigenvalue weighted by Crippen LogP contribution is 2.22. The van der Waals surface area contributed by atoms with Crippen LogP contribution in [0, 0.1) is 5.41 Å². The van der Waals surface area contributed by atoms with Crippen molar-refractivity contribution in [2.24, 2.45) is 11.1 Å². The van der Waals surface area contributed by atoms with Gasteiger partial charge >= 0.3 is 5.97 Å². The lowest BCUT2D eigenvalue weighted by molar-refractivity contribution is -0.143. The van der Waals surface area contributed by atoms with Crippen LogP contribution in [0.5, 0.6) is 0 Å². The predicted molar refractivity (Wildman–Crippen MR) is 133 cm³/mol. The van der Waals surface area contributed by atoms with Gasteiger partial charge in [-0.25, -0.2) is 9.78 Å². The molecule has 0 saturated carbocycles. The van der Waals surface area contributed by atoms with Gasteiger partial charge in [0.25, 0.3) is 0 Å². The zero-order valence-corrected chi connectivity index (χ0v) is 21.7. The largest absolute Gasteiger partial charge is 0.480 e. The highest BCUT2D eigenvalue weighted by atomic mass is 32.1. The lowest BCUT2D eigenvalue weighted by atomic mass is 9.88. The Morgan fingerprint density at radius 1 is 1.28 bits per heavy atom. The molecule has 4 atom stereocenters. The fourth-order valence-corrected chi connectivity index (χ4v) is 4.51. The van der Waals surface area contributed by atoms with Crippen molar-refractivity contribution in [2.75, 3.05) is 6.54 Å². The Balaban J connectivity index is 2.24. The second-order valence-electron chi connectivity index (χ2n) is 10.1. The second-order valence-corrected chi connectivity index (χ2v) is 10.8. The number of carbonyl (C=O) groups is 5. The van der Waals surface area contributed by atoms with E-state index < -0.39 is 54.4 Å². The molecule has 2 rings (SSSR count). The van der Waals surface area contributed by atoms with Crippen LogP contribution >= 0.6 is 11.3 Å². The van der Waals surface area contributed by atoms with E-state index in [0.717, 1.165) is 6.42 Å². The van der Waals surface area contributed by atoms with Crippen molar-refractivity contribution in [2.45, 2.75) is 83.6 Å². The molecule has 0 bridgehead atoms. The molecule has 36 heavy (non-hydrogen) atoms. The standard InChI is InChI=1S/C23H36N6O6S/c1-23(2,3)7-6-15(22(34)35)27-20(32)16(9-14-11-36-12-26-14)28-21(33)17(10-18(24)31)29(13-30)19-5-4-8-25-19/h11-13,15-17,19,25H,4-10H2,1-3H3,(H2,24,31)(H,27,32)(H,28,33)(H,34,35)/t15-,16-,17-,19-/m0/s1. The van der Waals surface area contributed by atoms with Crippen LogP contribution in [0.15, 0.2) is 10.9 Å². The molecule has 0 radical (unpaired) electrons. The van der Waals surface area contributed by atoms with E-state index in [9.17, 15) is 29.1 Å². The van der Waals surface area contributed by atoms with Crippen LogP contribution in [0.2, 0.25) is 0 Å². The Hall–Kier alpha value is -3.06. The molecule has 1 aliphatic heterocycles. The average Bonchev–Trinajstić information content (AvgIpc) is 3.49. The van der Waals surface area contributed by atoms with E-state index in [2.05, 4.69) is 20.9 Å². The van der Waals surface area contributed by atoms with E-state index >= 15 is 0 Å². The van der Waals surface area contributed by atoms with Gasteiger partial charge in [-0.05, 0) is 37.6 Å². The summed E-state index contributed by atoms with van der Waals surface area (Å²) < 4.78 is 0. The minimum Gasteiger partial charge on any atom is -0.480 e. The number of carbonyl (C=O) groups excluding carboxylic acids is 4. The predicted octanol–water partition coefficient (Wildman–Crippen LogP) is -0.0220. The van der Waals surface area contributed by atoms with Crippen molar-refractivity contribution in [3.05, 3.63) is 16.6 Å². The zero-order valence-electron chi connectivity index (χ0n) is 20.9. The average molecular weight is 525 g/mol. The molecule has 0 aromatic carbocycles. The normalized spacial score (nSPS) is 18.0.